The number of aromatic nitrogens is 8. The van der Waals surface area contributed by atoms with Gasteiger partial charge >= 0.3 is 0 Å². The molecule has 442 valence electrons. The van der Waals surface area contributed by atoms with E-state index in [-0.39, 0.29) is 17.2 Å². The van der Waals surface area contributed by atoms with Crippen LogP contribution >= 0.6 is 46.4 Å². The second kappa shape index (κ2) is 25.2. The van der Waals surface area contributed by atoms with Gasteiger partial charge in [0.05, 0.1) is 59.9 Å². The van der Waals surface area contributed by atoms with Crippen LogP contribution in [0.4, 0.5) is 17.6 Å². The summed E-state index contributed by atoms with van der Waals surface area (Å²) in [5.41, 5.74) is 8.61. The van der Waals surface area contributed by atoms with Crippen LogP contribution in [0.15, 0.2) is 98.6 Å². The molecule has 2 fully saturated rings. The van der Waals surface area contributed by atoms with Crippen molar-refractivity contribution < 1.29 is 28.5 Å². The van der Waals surface area contributed by atoms with Crippen LogP contribution in [0.5, 0.6) is 23.0 Å². The monoisotopic (exact) mass is 1230 g/mol. The molecular formula is C61H64Cl4N14O6. The Kier molecular flexibility index (Phi) is 17.8. The van der Waals surface area contributed by atoms with Gasteiger partial charge in [0.25, 0.3) is 0 Å². The summed E-state index contributed by atoms with van der Waals surface area (Å²) < 4.78 is 26.1. The number of nitrogens with one attached hydrogen (secondary N) is 2. The highest BCUT2D eigenvalue weighted by atomic mass is 35.5. The Balaban J connectivity index is 0.000000189. The number of imidazole rings is 2. The molecule has 8 heterocycles. The number of piperazine rings is 2. The summed E-state index contributed by atoms with van der Waals surface area (Å²) in [5.74, 6) is 2.65. The van der Waals surface area contributed by atoms with E-state index in [2.05, 4.69) is 69.5 Å². The molecular weight excluding hydrogens is 1170 g/mol. The number of fused-ring (bicyclic) bond motifs is 6. The molecule has 2 N–H and O–H groups in total. The third-order valence-corrected chi connectivity index (χ3v) is 16.7. The minimum absolute atomic E-state index is 0.0132. The van der Waals surface area contributed by atoms with E-state index < -0.39 is 0 Å². The topological polar surface area (TPSA) is 194 Å². The molecule has 0 saturated carbocycles. The van der Waals surface area contributed by atoms with E-state index in [1.807, 2.05) is 55.3 Å². The van der Waals surface area contributed by atoms with Crippen molar-refractivity contribution in [1.82, 2.24) is 53.4 Å². The van der Waals surface area contributed by atoms with Crippen molar-refractivity contribution in [2.24, 2.45) is 5.41 Å². The van der Waals surface area contributed by atoms with Gasteiger partial charge in [0.15, 0.2) is 11.3 Å². The molecule has 11 rings (SSSR count). The molecule has 2 amide bonds. The lowest BCUT2D eigenvalue weighted by Gasteiger charge is -2.38. The van der Waals surface area contributed by atoms with Crippen molar-refractivity contribution in [1.29, 1.82) is 0 Å². The molecule has 20 nitrogen and oxygen atoms in total. The van der Waals surface area contributed by atoms with E-state index in [1.54, 1.807) is 67.1 Å². The first kappa shape index (κ1) is 60.0. The first-order chi connectivity index (χ1) is 40.9. The summed E-state index contributed by atoms with van der Waals surface area (Å²) in [7, 11) is 9.73. The zero-order chi connectivity index (χ0) is 60.4. The number of carbonyl (C=O) groups is 2. The molecule has 0 spiro atoms. The summed E-state index contributed by atoms with van der Waals surface area (Å²) >= 11 is 27.5. The van der Waals surface area contributed by atoms with E-state index in [1.165, 1.54) is 12.2 Å². The zero-order valence-electron chi connectivity index (χ0n) is 48.4. The number of hydrogen-bond acceptors (Lipinski definition) is 16. The summed E-state index contributed by atoms with van der Waals surface area (Å²) in [5, 5.41) is 8.97. The Morgan fingerprint density at radius 1 is 0.600 bits per heavy atom. The number of halogens is 4. The number of rotatable bonds is 16. The van der Waals surface area contributed by atoms with Gasteiger partial charge in [-0.1, -0.05) is 85.5 Å². The Labute approximate surface area is 511 Å². The molecule has 24 heteroatoms. The molecule has 85 heavy (non-hydrogen) atoms. The van der Waals surface area contributed by atoms with Gasteiger partial charge in [0.2, 0.25) is 23.7 Å². The highest BCUT2D eigenvalue weighted by Crippen LogP contribution is 2.49. The summed E-state index contributed by atoms with van der Waals surface area (Å²) in [6.45, 7) is 18.3. The number of benzene rings is 3. The van der Waals surface area contributed by atoms with Crippen LogP contribution in [0.3, 0.4) is 0 Å². The molecule has 2 saturated heterocycles. The van der Waals surface area contributed by atoms with Crippen LogP contribution in [-0.4, -0.2) is 167 Å². The number of methoxy groups -OCH3 is 4. The summed E-state index contributed by atoms with van der Waals surface area (Å²) in [4.78, 5) is 60.9. The van der Waals surface area contributed by atoms with Gasteiger partial charge in [0.1, 0.15) is 34.3 Å². The minimum Gasteiger partial charge on any atom is -0.495 e. The molecule has 6 aromatic heterocycles. The second-order valence-corrected chi connectivity index (χ2v) is 22.6. The normalized spacial score (nSPS) is 13.9. The van der Waals surface area contributed by atoms with E-state index >= 15 is 0 Å². The number of hydrogen-bond donors (Lipinski definition) is 2. The standard InChI is InChI=1S/C31H29Cl2N7O3.C30H35Cl2N7O3/c1-5-25(41)39-11-9-38(10-12-39)20-8-6-7-18(13-20)22-17-40-29-19(16-35-31(34-2)37-29)14-21(30(40)36-22)26-27(32)23(42-3)15-24(43-4)28(26)33;1-7-23(40)38-10-8-37(9-11-38)17-30(2,3)14-19-16-39-27-18(15-34-29(33-4)36-27)12-20(28(39)35-19)24-25(31)21(41-5)13-22(42-6)26(24)32/h5-8,13-17H,1,9-12H2,2-4H3,(H,34,35,37);7,12-13,15-16H,1,8-11,14,17H2,2-6H3,(H,33,34,36). The number of ether oxygens (including phenoxy) is 4. The van der Waals surface area contributed by atoms with Crippen molar-refractivity contribution in [2.75, 3.05) is 117 Å². The highest BCUT2D eigenvalue weighted by molar-refractivity contribution is 6.42. The fourth-order valence-electron chi connectivity index (χ4n) is 11.0. The zero-order valence-corrected chi connectivity index (χ0v) is 51.4. The molecule has 3 aromatic carbocycles. The fourth-order valence-corrected chi connectivity index (χ4v) is 12.4. The van der Waals surface area contributed by atoms with Crippen LogP contribution < -0.4 is 34.5 Å². The smallest absolute Gasteiger partial charge is 0.246 e. The first-order valence-corrected chi connectivity index (χ1v) is 28.8. The van der Waals surface area contributed by atoms with Crippen LogP contribution in [0.2, 0.25) is 20.1 Å². The lowest BCUT2D eigenvalue weighted by molar-refractivity contribution is -0.128. The Morgan fingerprint density at radius 3 is 1.52 bits per heavy atom. The predicted octanol–water partition coefficient (Wildman–Crippen LogP) is 11.0. The van der Waals surface area contributed by atoms with Gasteiger partial charge in [-0.05, 0) is 48.3 Å². The molecule has 2 aliphatic heterocycles. The van der Waals surface area contributed by atoms with Crippen molar-refractivity contribution in [3.63, 3.8) is 0 Å². The molecule has 0 bridgehead atoms. The van der Waals surface area contributed by atoms with Gasteiger partial charge in [0, 0.05) is 154 Å². The molecule has 2 aliphatic rings. The number of anilines is 3. The molecule has 9 aromatic rings. The van der Waals surface area contributed by atoms with Gasteiger partial charge in [-0.2, -0.15) is 9.97 Å². The third kappa shape index (κ3) is 12.0. The third-order valence-electron chi connectivity index (χ3n) is 15.2. The average Bonchev–Trinajstić information content (AvgIpc) is 2.74. The largest absolute Gasteiger partial charge is 0.495 e. The number of pyridine rings is 2. The van der Waals surface area contributed by atoms with Crippen molar-refractivity contribution in [2.45, 2.75) is 20.3 Å². The van der Waals surface area contributed by atoms with Crippen molar-refractivity contribution >= 4 is 109 Å². The number of carbonyl (C=O) groups excluding carboxylic acids is 2. The van der Waals surface area contributed by atoms with Gasteiger partial charge < -0.3 is 44.3 Å². The first-order valence-electron chi connectivity index (χ1n) is 27.3. The molecule has 0 atom stereocenters. The molecule has 0 radical (unpaired) electrons. The number of nitrogens with zero attached hydrogens (tertiary/aromatic N) is 12. The van der Waals surface area contributed by atoms with Crippen molar-refractivity contribution in [3.05, 3.63) is 124 Å². The Morgan fingerprint density at radius 2 is 1.06 bits per heavy atom. The van der Waals surface area contributed by atoms with E-state index in [0.717, 1.165) is 66.1 Å². The quantitative estimate of drug-likeness (QED) is 0.0867. The SMILES string of the molecule is C=CC(=O)N1CCN(CC(C)(C)Cc2cn3c(n2)c(-c2c(Cl)c(OC)cc(OC)c2Cl)cc2cnc(NC)nc23)CC1.C=CC(=O)N1CCN(c2cccc(-c3cn4c(n3)c(-c3c(Cl)c(OC)cc(OC)c3Cl)cc3cnc(NC)nc34)c2)CC1. The average molecular weight is 1230 g/mol. The second-order valence-electron chi connectivity index (χ2n) is 21.1. The number of amides is 2. The maximum absolute atomic E-state index is 12.0. The van der Waals surface area contributed by atoms with Crippen molar-refractivity contribution in [3.8, 4) is 56.5 Å². The lowest BCUT2D eigenvalue weighted by Crippen LogP contribution is -2.50. The van der Waals surface area contributed by atoms with Crippen LogP contribution in [0.25, 0.3) is 66.9 Å². The fraction of sp³-hybridized carbons (Fsp3) is 0.311. The van der Waals surface area contributed by atoms with Gasteiger partial charge in [-0.15, -0.1) is 0 Å². The Bertz CT molecular complexity index is 4010. The highest BCUT2D eigenvalue weighted by Gasteiger charge is 2.30. The van der Waals surface area contributed by atoms with Crippen LogP contribution in [0, 0.1) is 5.41 Å². The van der Waals surface area contributed by atoms with E-state index in [4.69, 9.17) is 85.3 Å². The van der Waals surface area contributed by atoms with Gasteiger partial charge in [-0.25, -0.2) is 19.9 Å². The van der Waals surface area contributed by atoms with Crippen LogP contribution in [0.1, 0.15) is 19.5 Å². The van der Waals surface area contributed by atoms with Gasteiger partial charge in [-0.3, -0.25) is 23.3 Å². The minimum atomic E-state index is -0.0991. The Hall–Kier alpha value is -8.14. The maximum Gasteiger partial charge on any atom is 0.246 e. The summed E-state index contributed by atoms with van der Waals surface area (Å²) in [6.07, 6.45) is 10.9. The predicted molar refractivity (Wildman–Crippen MR) is 338 cm³/mol. The molecule has 0 aliphatic carbocycles. The molecule has 0 unspecified atom stereocenters. The summed E-state index contributed by atoms with van der Waals surface area (Å²) in [6, 6.07) is 15.4. The van der Waals surface area contributed by atoms with E-state index in [0.29, 0.717) is 132 Å². The maximum atomic E-state index is 12.0. The van der Waals surface area contributed by atoms with Crippen LogP contribution in [-0.2, 0) is 16.0 Å². The lowest BCUT2D eigenvalue weighted by atomic mass is 9.87. The van der Waals surface area contributed by atoms with E-state index in [9.17, 15) is 9.59 Å².